The number of thioether (sulfide) groups is 1. The van der Waals surface area contributed by atoms with Crippen LogP contribution in [-0.2, 0) is 26.1 Å². The summed E-state index contributed by atoms with van der Waals surface area (Å²) in [7, 11) is -3.53. The van der Waals surface area contributed by atoms with Gasteiger partial charge in [0.1, 0.15) is 5.76 Å². The summed E-state index contributed by atoms with van der Waals surface area (Å²) in [4.78, 5) is 12.4. The van der Waals surface area contributed by atoms with E-state index in [9.17, 15) is 13.2 Å². The van der Waals surface area contributed by atoms with Crippen molar-refractivity contribution in [1.82, 2.24) is 19.8 Å². The summed E-state index contributed by atoms with van der Waals surface area (Å²) in [6.07, 6.45) is 1.54. The van der Waals surface area contributed by atoms with Crippen LogP contribution in [0.1, 0.15) is 11.3 Å². The van der Waals surface area contributed by atoms with Crippen LogP contribution in [0.5, 0.6) is 0 Å². The fourth-order valence-corrected chi connectivity index (χ4v) is 5.08. The van der Waals surface area contributed by atoms with Gasteiger partial charge in [-0.05, 0) is 30.7 Å². The predicted molar refractivity (Wildman–Crippen MR) is 115 cm³/mol. The number of sulfonamides is 1. The molecule has 170 valence electrons. The molecule has 0 aliphatic carbocycles. The second kappa shape index (κ2) is 9.86. The standard InChI is InChI=1S/C20H22N4O6S2/c1-14-17(6-9-29-14)19-22-23-20(30-19)31-13-18(25)21-12-15-2-4-16(5-3-15)32(26,27)24-7-10-28-11-8-24/h2-6,9H,7-8,10-13H2,1H3,(H,21,25). The highest BCUT2D eigenvalue weighted by Crippen LogP contribution is 2.26. The molecule has 0 bridgehead atoms. The first kappa shape index (κ1) is 22.5. The van der Waals surface area contributed by atoms with Gasteiger partial charge in [0.15, 0.2) is 0 Å². The average Bonchev–Trinajstić information content (AvgIpc) is 3.45. The van der Waals surface area contributed by atoms with Crippen LogP contribution in [-0.4, -0.2) is 60.9 Å². The van der Waals surface area contributed by atoms with Crippen molar-refractivity contribution in [1.29, 1.82) is 0 Å². The Morgan fingerprint density at radius 3 is 2.59 bits per heavy atom. The minimum atomic E-state index is -3.53. The van der Waals surface area contributed by atoms with Crippen LogP contribution in [0.4, 0.5) is 0 Å². The van der Waals surface area contributed by atoms with Crippen LogP contribution < -0.4 is 5.32 Å². The highest BCUT2D eigenvalue weighted by molar-refractivity contribution is 7.99. The van der Waals surface area contributed by atoms with Gasteiger partial charge in [-0.1, -0.05) is 23.9 Å². The third kappa shape index (κ3) is 5.21. The monoisotopic (exact) mass is 478 g/mol. The molecule has 10 nitrogen and oxygen atoms in total. The minimum absolute atomic E-state index is 0.107. The SMILES string of the molecule is Cc1occc1-c1nnc(SCC(=O)NCc2ccc(S(=O)(=O)N3CCOCC3)cc2)o1. The Morgan fingerprint density at radius 1 is 1.16 bits per heavy atom. The predicted octanol–water partition coefficient (Wildman–Crippen LogP) is 2.07. The number of carbonyl (C=O) groups is 1. The van der Waals surface area contributed by atoms with E-state index < -0.39 is 10.0 Å². The molecule has 3 heterocycles. The Labute approximate surface area is 189 Å². The van der Waals surface area contributed by atoms with Gasteiger partial charge in [0.2, 0.25) is 15.9 Å². The van der Waals surface area contributed by atoms with Crippen LogP contribution in [0.3, 0.4) is 0 Å². The number of aryl methyl sites for hydroxylation is 1. The first-order chi connectivity index (χ1) is 15.4. The zero-order valence-electron chi connectivity index (χ0n) is 17.3. The number of amides is 1. The van der Waals surface area contributed by atoms with E-state index in [4.69, 9.17) is 13.6 Å². The maximum absolute atomic E-state index is 12.7. The number of carbonyl (C=O) groups excluding carboxylic acids is 1. The molecule has 1 fully saturated rings. The van der Waals surface area contributed by atoms with E-state index >= 15 is 0 Å². The van der Waals surface area contributed by atoms with Crippen molar-refractivity contribution < 1.29 is 26.8 Å². The number of rotatable bonds is 8. The Morgan fingerprint density at radius 2 is 1.91 bits per heavy atom. The number of hydrogen-bond acceptors (Lipinski definition) is 9. The van der Waals surface area contributed by atoms with Gasteiger partial charge in [0.05, 0.1) is 35.7 Å². The smallest absolute Gasteiger partial charge is 0.277 e. The lowest BCUT2D eigenvalue weighted by molar-refractivity contribution is -0.118. The lowest BCUT2D eigenvalue weighted by atomic mass is 10.2. The molecule has 0 atom stereocenters. The number of morpholine rings is 1. The van der Waals surface area contributed by atoms with Gasteiger partial charge in [-0.2, -0.15) is 4.31 Å². The van der Waals surface area contributed by atoms with E-state index in [2.05, 4.69) is 15.5 Å². The van der Waals surface area contributed by atoms with E-state index in [1.165, 1.54) is 4.31 Å². The van der Waals surface area contributed by atoms with Crippen molar-refractivity contribution >= 4 is 27.7 Å². The van der Waals surface area contributed by atoms with E-state index in [1.54, 1.807) is 43.5 Å². The van der Waals surface area contributed by atoms with Crippen LogP contribution >= 0.6 is 11.8 Å². The summed E-state index contributed by atoms with van der Waals surface area (Å²) >= 11 is 1.13. The van der Waals surface area contributed by atoms with Gasteiger partial charge in [0.25, 0.3) is 11.1 Å². The summed E-state index contributed by atoms with van der Waals surface area (Å²) in [6, 6.07) is 8.23. The van der Waals surface area contributed by atoms with E-state index in [-0.39, 0.29) is 28.3 Å². The first-order valence-corrected chi connectivity index (χ1v) is 12.3. The van der Waals surface area contributed by atoms with Gasteiger partial charge < -0.3 is 18.9 Å². The molecule has 1 amide bonds. The average molecular weight is 479 g/mol. The van der Waals surface area contributed by atoms with Gasteiger partial charge in [-0.25, -0.2) is 8.42 Å². The maximum atomic E-state index is 12.7. The number of ether oxygens (including phenoxy) is 1. The number of furan rings is 1. The molecule has 1 aromatic carbocycles. The third-order valence-corrected chi connectivity index (χ3v) is 7.57. The van der Waals surface area contributed by atoms with E-state index in [0.717, 1.165) is 17.3 Å². The van der Waals surface area contributed by atoms with Crippen LogP contribution in [0.25, 0.3) is 11.5 Å². The van der Waals surface area contributed by atoms with Gasteiger partial charge >= 0.3 is 0 Å². The molecule has 32 heavy (non-hydrogen) atoms. The zero-order valence-corrected chi connectivity index (χ0v) is 18.9. The molecular formula is C20H22N4O6S2. The number of nitrogens with one attached hydrogen (secondary N) is 1. The van der Waals surface area contributed by atoms with Crippen LogP contribution in [0, 0.1) is 6.92 Å². The zero-order chi connectivity index (χ0) is 22.6. The van der Waals surface area contributed by atoms with Crippen molar-refractivity contribution in [3.63, 3.8) is 0 Å². The Bertz CT molecular complexity index is 1170. The quantitative estimate of drug-likeness (QED) is 0.484. The lowest BCUT2D eigenvalue weighted by Crippen LogP contribution is -2.40. The third-order valence-electron chi connectivity index (χ3n) is 4.84. The molecule has 0 radical (unpaired) electrons. The molecule has 0 unspecified atom stereocenters. The second-order valence-corrected chi connectivity index (χ2v) is 9.85. The number of aromatic nitrogens is 2. The molecular weight excluding hydrogens is 456 g/mol. The van der Waals surface area contributed by atoms with Crippen molar-refractivity contribution in [2.24, 2.45) is 0 Å². The summed E-state index contributed by atoms with van der Waals surface area (Å²) in [5, 5.41) is 11.0. The highest BCUT2D eigenvalue weighted by Gasteiger charge is 2.26. The van der Waals surface area contributed by atoms with Crippen molar-refractivity contribution in [3.05, 3.63) is 47.9 Å². The molecule has 12 heteroatoms. The topological polar surface area (TPSA) is 128 Å². The molecule has 1 saturated heterocycles. The van der Waals surface area contributed by atoms with Crippen molar-refractivity contribution in [2.75, 3.05) is 32.1 Å². The molecule has 0 spiro atoms. The number of benzene rings is 1. The second-order valence-electron chi connectivity index (χ2n) is 6.99. The fraction of sp³-hybridized carbons (Fsp3) is 0.350. The molecule has 3 aromatic rings. The lowest BCUT2D eigenvalue weighted by Gasteiger charge is -2.26. The van der Waals surface area contributed by atoms with E-state index in [1.807, 2.05) is 0 Å². The fourth-order valence-electron chi connectivity index (χ4n) is 3.08. The maximum Gasteiger partial charge on any atom is 0.277 e. The molecule has 1 aliphatic rings. The van der Waals surface area contributed by atoms with Crippen LogP contribution in [0.2, 0.25) is 0 Å². The number of nitrogens with zero attached hydrogens (tertiary/aromatic N) is 3. The Balaban J connectivity index is 1.26. The number of hydrogen-bond donors (Lipinski definition) is 1. The summed E-state index contributed by atoms with van der Waals surface area (Å²) in [5.41, 5.74) is 1.51. The van der Waals surface area contributed by atoms with Crippen molar-refractivity contribution in [2.45, 2.75) is 23.6 Å². The van der Waals surface area contributed by atoms with Gasteiger partial charge in [0, 0.05) is 19.6 Å². The molecule has 1 N–H and O–H groups in total. The molecule has 1 aliphatic heterocycles. The normalized spacial score (nSPS) is 15.0. The molecule has 4 rings (SSSR count). The molecule has 2 aromatic heterocycles. The van der Waals surface area contributed by atoms with E-state index in [0.29, 0.717) is 43.5 Å². The molecule has 0 saturated carbocycles. The van der Waals surface area contributed by atoms with Crippen LogP contribution in [0.15, 0.2) is 55.5 Å². The van der Waals surface area contributed by atoms with Crippen molar-refractivity contribution in [3.8, 4) is 11.5 Å². The van der Waals surface area contributed by atoms with Gasteiger partial charge in [-0.15, -0.1) is 10.2 Å². The minimum Gasteiger partial charge on any atom is -0.469 e. The summed E-state index contributed by atoms with van der Waals surface area (Å²) in [6.45, 7) is 3.57. The highest BCUT2D eigenvalue weighted by atomic mass is 32.2. The van der Waals surface area contributed by atoms with Gasteiger partial charge in [-0.3, -0.25) is 4.79 Å². The first-order valence-electron chi connectivity index (χ1n) is 9.88. The largest absolute Gasteiger partial charge is 0.469 e. The Hall–Kier alpha value is -2.67. The summed E-state index contributed by atoms with van der Waals surface area (Å²) < 4.78 is 42.7. The Kier molecular flexibility index (Phi) is 6.94. The summed E-state index contributed by atoms with van der Waals surface area (Å²) in [5.74, 6) is 0.910.